The molecule has 0 spiro atoms. The average Bonchev–Trinajstić information content (AvgIpc) is 2.75. The van der Waals surface area contributed by atoms with Crippen LogP contribution in [0.3, 0.4) is 0 Å². The number of hydrogen-bond acceptors (Lipinski definition) is 3. The molecular formula is C10H8ClN3O. The Morgan fingerprint density at radius 2 is 2.07 bits per heavy atom. The van der Waals surface area contributed by atoms with Crippen molar-refractivity contribution in [3.8, 4) is 0 Å². The Morgan fingerprint density at radius 1 is 1.33 bits per heavy atom. The van der Waals surface area contributed by atoms with Crippen molar-refractivity contribution in [3.05, 3.63) is 53.6 Å². The van der Waals surface area contributed by atoms with Crippen molar-refractivity contribution in [2.75, 3.05) is 0 Å². The highest BCUT2D eigenvalue weighted by Gasteiger charge is 2.05. The van der Waals surface area contributed by atoms with E-state index in [4.69, 9.17) is 16.8 Å². The van der Waals surface area contributed by atoms with Crippen LogP contribution in [0.15, 0.2) is 48.1 Å². The third-order valence-electron chi connectivity index (χ3n) is 1.95. The van der Waals surface area contributed by atoms with Crippen molar-refractivity contribution >= 4 is 17.4 Å². The van der Waals surface area contributed by atoms with E-state index in [-0.39, 0.29) is 0 Å². The molecule has 0 saturated heterocycles. The van der Waals surface area contributed by atoms with Crippen LogP contribution in [0.4, 0.5) is 0 Å². The maximum atomic E-state index is 8.93. The molecule has 0 amide bonds. The Morgan fingerprint density at radius 3 is 2.60 bits per heavy atom. The molecule has 0 atom stereocenters. The lowest BCUT2D eigenvalue weighted by Gasteiger charge is -2.04. The van der Waals surface area contributed by atoms with Gasteiger partial charge in [0.25, 0.3) is 0 Å². The zero-order chi connectivity index (χ0) is 10.7. The minimum Gasteiger partial charge on any atom is -0.409 e. The quantitative estimate of drug-likeness (QED) is 0.347. The molecule has 0 aliphatic rings. The van der Waals surface area contributed by atoms with Crippen LogP contribution >= 0.6 is 11.6 Å². The molecule has 0 unspecified atom stereocenters. The van der Waals surface area contributed by atoms with Crippen LogP contribution < -0.4 is 0 Å². The predicted molar refractivity (Wildman–Crippen MR) is 57.4 cm³/mol. The molecule has 1 heterocycles. The van der Waals surface area contributed by atoms with E-state index in [9.17, 15) is 0 Å². The molecule has 1 aromatic carbocycles. The average molecular weight is 222 g/mol. The molecule has 2 aromatic rings. The fourth-order valence-electron chi connectivity index (χ4n) is 1.24. The summed E-state index contributed by atoms with van der Waals surface area (Å²) in [6, 6.07) is 7.02. The summed E-state index contributed by atoms with van der Waals surface area (Å²) in [6.07, 6.45) is 4.87. The normalized spacial score (nSPS) is 11.7. The first-order valence-corrected chi connectivity index (χ1v) is 4.65. The predicted octanol–water partition coefficient (Wildman–Crippen LogP) is 2.22. The van der Waals surface area contributed by atoms with E-state index in [2.05, 4.69) is 10.1 Å². The highest BCUT2D eigenvalue weighted by molar-refractivity contribution is 6.30. The van der Waals surface area contributed by atoms with Crippen molar-refractivity contribution in [2.24, 2.45) is 5.16 Å². The number of imidazole rings is 1. The first-order valence-electron chi connectivity index (χ1n) is 4.27. The van der Waals surface area contributed by atoms with Crippen LogP contribution in [0, 0.1) is 0 Å². The highest BCUT2D eigenvalue weighted by Crippen LogP contribution is 2.11. The third-order valence-corrected chi connectivity index (χ3v) is 2.20. The lowest BCUT2D eigenvalue weighted by atomic mass is 10.2. The number of aromatic nitrogens is 2. The summed E-state index contributed by atoms with van der Waals surface area (Å²) in [4.78, 5) is 3.88. The Kier molecular flexibility index (Phi) is 2.69. The summed E-state index contributed by atoms with van der Waals surface area (Å²) in [5, 5.41) is 12.8. The zero-order valence-electron chi connectivity index (χ0n) is 7.71. The van der Waals surface area contributed by atoms with E-state index in [0.717, 1.165) is 5.56 Å². The molecule has 0 radical (unpaired) electrons. The minimum absolute atomic E-state index is 0.407. The van der Waals surface area contributed by atoms with Crippen molar-refractivity contribution < 1.29 is 5.21 Å². The molecule has 0 saturated carbocycles. The molecule has 0 fully saturated rings. The lowest BCUT2D eigenvalue weighted by molar-refractivity contribution is 0.317. The van der Waals surface area contributed by atoms with Crippen LogP contribution in [-0.2, 0) is 0 Å². The van der Waals surface area contributed by atoms with Crippen LogP contribution in [0.25, 0.3) is 0 Å². The van der Waals surface area contributed by atoms with E-state index in [0.29, 0.717) is 10.9 Å². The largest absolute Gasteiger partial charge is 0.409 e. The molecule has 76 valence electrons. The van der Waals surface area contributed by atoms with E-state index < -0.39 is 0 Å². The van der Waals surface area contributed by atoms with Gasteiger partial charge in [-0.3, -0.25) is 4.57 Å². The van der Waals surface area contributed by atoms with E-state index in [1.165, 1.54) is 0 Å². The molecule has 5 heteroatoms. The second-order valence-electron chi connectivity index (χ2n) is 2.90. The number of oxime groups is 1. The van der Waals surface area contributed by atoms with Gasteiger partial charge in [0.05, 0.1) is 0 Å². The summed E-state index contributed by atoms with van der Waals surface area (Å²) in [5.41, 5.74) is 0.764. The van der Waals surface area contributed by atoms with E-state index in [1.807, 2.05) is 0 Å². The van der Waals surface area contributed by atoms with Gasteiger partial charge in [0.15, 0.2) is 5.84 Å². The third kappa shape index (κ3) is 1.99. The van der Waals surface area contributed by atoms with Gasteiger partial charge >= 0.3 is 0 Å². The number of benzene rings is 1. The van der Waals surface area contributed by atoms with Gasteiger partial charge in [-0.25, -0.2) is 4.98 Å². The van der Waals surface area contributed by atoms with Crippen molar-refractivity contribution in [1.29, 1.82) is 0 Å². The molecule has 1 N–H and O–H groups in total. The Labute approximate surface area is 91.4 Å². The maximum Gasteiger partial charge on any atom is 0.184 e. The Hall–Kier alpha value is -1.81. The van der Waals surface area contributed by atoms with Gasteiger partial charge in [-0.1, -0.05) is 16.8 Å². The van der Waals surface area contributed by atoms with Gasteiger partial charge in [-0.05, 0) is 24.3 Å². The second-order valence-corrected chi connectivity index (χ2v) is 3.34. The van der Waals surface area contributed by atoms with Crippen LogP contribution in [0.1, 0.15) is 5.56 Å². The Bertz CT molecular complexity index is 462. The van der Waals surface area contributed by atoms with Gasteiger partial charge in [0.1, 0.15) is 6.33 Å². The monoisotopic (exact) mass is 221 g/mol. The van der Waals surface area contributed by atoms with Crippen molar-refractivity contribution in [1.82, 2.24) is 9.55 Å². The molecule has 0 aliphatic heterocycles. The van der Waals surface area contributed by atoms with Gasteiger partial charge in [0, 0.05) is 23.0 Å². The fourth-order valence-corrected chi connectivity index (χ4v) is 1.37. The van der Waals surface area contributed by atoms with Gasteiger partial charge in [-0.2, -0.15) is 0 Å². The molecule has 0 bridgehead atoms. The van der Waals surface area contributed by atoms with E-state index >= 15 is 0 Å². The van der Waals surface area contributed by atoms with Gasteiger partial charge < -0.3 is 5.21 Å². The van der Waals surface area contributed by atoms with Crippen molar-refractivity contribution in [3.63, 3.8) is 0 Å². The highest BCUT2D eigenvalue weighted by atomic mass is 35.5. The summed E-state index contributed by atoms with van der Waals surface area (Å²) in [6.45, 7) is 0. The fraction of sp³-hybridized carbons (Fsp3) is 0. The maximum absolute atomic E-state index is 8.93. The first-order chi connectivity index (χ1) is 7.31. The molecule has 0 aliphatic carbocycles. The molecule has 15 heavy (non-hydrogen) atoms. The molecular weight excluding hydrogens is 214 g/mol. The first kappa shape index (κ1) is 9.73. The number of halogens is 1. The van der Waals surface area contributed by atoms with Crippen molar-refractivity contribution in [2.45, 2.75) is 0 Å². The molecule has 2 rings (SSSR count). The molecule has 1 aromatic heterocycles. The number of nitrogens with zero attached hydrogens (tertiary/aromatic N) is 3. The topological polar surface area (TPSA) is 50.4 Å². The molecule has 4 nitrogen and oxygen atoms in total. The lowest BCUT2D eigenvalue weighted by Crippen LogP contribution is -2.11. The smallest absolute Gasteiger partial charge is 0.184 e. The standard InChI is InChI=1S/C10H8ClN3O/c11-9-3-1-8(2-4-9)10(13-15)14-6-5-12-7-14/h1-7,15H. The minimum atomic E-state index is 0.407. The summed E-state index contributed by atoms with van der Waals surface area (Å²) in [5.74, 6) is 0.407. The summed E-state index contributed by atoms with van der Waals surface area (Å²) >= 11 is 5.76. The Balaban J connectivity index is 2.41. The van der Waals surface area contributed by atoms with Crippen LogP contribution in [-0.4, -0.2) is 20.6 Å². The van der Waals surface area contributed by atoms with Gasteiger partial charge in [-0.15, -0.1) is 0 Å². The zero-order valence-corrected chi connectivity index (χ0v) is 8.46. The summed E-state index contributed by atoms with van der Waals surface area (Å²) in [7, 11) is 0. The second kappa shape index (κ2) is 4.14. The number of hydrogen-bond donors (Lipinski definition) is 1. The van der Waals surface area contributed by atoms with Gasteiger partial charge in [0.2, 0.25) is 0 Å². The number of rotatable bonds is 1. The SMILES string of the molecule is ON=C(c1ccc(Cl)cc1)n1ccnc1. The van der Waals surface area contributed by atoms with Crippen LogP contribution in [0.2, 0.25) is 5.02 Å². The van der Waals surface area contributed by atoms with Crippen LogP contribution in [0.5, 0.6) is 0 Å². The summed E-state index contributed by atoms with van der Waals surface area (Å²) < 4.78 is 1.61. The van der Waals surface area contributed by atoms with E-state index in [1.54, 1.807) is 47.6 Å².